The summed E-state index contributed by atoms with van der Waals surface area (Å²) in [5.74, 6) is 2.26. The van der Waals surface area contributed by atoms with Crippen molar-refractivity contribution in [1.82, 2.24) is 9.88 Å². The van der Waals surface area contributed by atoms with Crippen LogP contribution in [0.2, 0.25) is 0 Å². The van der Waals surface area contributed by atoms with Gasteiger partial charge in [0.15, 0.2) is 0 Å². The van der Waals surface area contributed by atoms with Crippen molar-refractivity contribution >= 4 is 11.9 Å². The lowest BCUT2D eigenvalue weighted by atomic mass is 9.45. The number of hydrogen-bond acceptors (Lipinski definition) is 5. The summed E-state index contributed by atoms with van der Waals surface area (Å²) in [5, 5.41) is 32.5. The molecule has 1 saturated heterocycles. The van der Waals surface area contributed by atoms with Crippen molar-refractivity contribution in [2.45, 2.75) is 50.6 Å². The highest BCUT2D eigenvalue weighted by molar-refractivity contribution is 5.66. The second-order valence-corrected chi connectivity index (χ2v) is 9.46. The monoisotopic (exact) mass is 391 g/mol. The zero-order valence-electron chi connectivity index (χ0n) is 16.3. The van der Waals surface area contributed by atoms with Crippen molar-refractivity contribution in [2.75, 3.05) is 11.9 Å². The Bertz CT molecular complexity index is 903. The number of aromatic nitrogens is 1. The average Bonchev–Trinajstić information content (AvgIpc) is 3.11. The van der Waals surface area contributed by atoms with Gasteiger partial charge in [-0.1, -0.05) is 0 Å². The van der Waals surface area contributed by atoms with Crippen LogP contribution in [0, 0.1) is 51.7 Å². The van der Waals surface area contributed by atoms with Crippen molar-refractivity contribution < 1.29 is 9.90 Å². The standard InChI is InChI=1S/C22H25N5O2/c23-11-14-2-1-4-25-20(14)26-17-3-5-27(21(28)29)19(17)18-15-6-13-7-16(18)10-22(8-13,9-15)12-24/h1-2,4,13,15-19H,3,5-10H2,(H,25,26)(H,28,29)/t13?,15-,16?,17+,18?,19?,22?/m0/s1. The molecule has 0 radical (unpaired) electrons. The first-order valence-corrected chi connectivity index (χ1v) is 10.6. The van der Waals surface area contributed by atoms with Gasteiger partial charge in [0.2, 0.25) is 0 Å². The summed E-state index contributed by atoms with van der Waals surface area (Å²) in [4.78, 5) is 18.0. The molecule has 6 rings (SSSR count). The largest absolute Gasteiger partial charge is 0.465 e. The topological polar surface area (TPSA) is 113 Å². The van der Waals surface area contributed by atoms with Crippen molar-refractivity contribution in [3.05, 3.63) is 23.9 Å². The zero-order chi connectivity index (χ0) is 20.2. The number of carbonyl (C=O) groups is 1. The fourth-order valence-corrected chi connectivity index (χ4v) is 7.22. The summed E-state index contributed by atoms with van der Waals surface area (Å²) < 4.78 is 0. The third kappa shape index (κ3) is 2.83. The van der Waals surface area contributed by atoms with E-state index in [1.165, 1.54) is 0 Å². The molecule has 1 aromatic rings. The quantitative estimate of drug-likeness (QED) is 0.816. The number of hydrogen-bond donors (Lipinski definition) is 2. The first-order valence-electron chi connectivity index (χ1n) is 10.6. The number of pyridine rings is 1. The molecule has 7 atom stereocenters. The van der Waals surface area contributed by atoms with Gasteiger partial charge in [-0.2, -0.15) is 10.5 Å². The van der Waals surface area contributed by atoms with Gasteiger partial charge in [0.25, 0.3) is 0 Å². The molecular weight excluding hydrogens is 366 g/mol. The molecule has 4 saturated carbocycles. The van der Waals surface area contributed by atoms with E-state index in [1.807, 2.05) is 0 Å². The van der Waals surface area contributed by atoms with Crippen molar-refractivity contribution in [1.29, 1.82) is 10.5 Å². The lowest BCUT2D eigenvalue weighted by Crippen LogP contribution is -2.59. The van der Waals surface area contributed by atoms with E-state index >= 15 is 0 Å². The maximum absolute atomic E-state index is 12.1. The van der Waals surface area contributed by atoms with E-state index in [1.54, 1.807) is 23.2 Å². The zero-order valence-corrected chi connectivity index (χ0v) is 16.3. The summed E-state index contributed by atoms with van der Waals surface area (Å²) in [6.45, 7) is 0.495. The Labute approximate surface area is 170 Å². The van der Waals surface area contributed by atoms with Gasteiger partial charge in [-0.3, -0.25) is 0 Å². The van der Waals surface area contributed by atoms with Crippen LogP contribution in [0.25, 0.3) is 0 Å². The molecule has 4 aliphatic carbocycles. The van der Waals surface area contributed by atoms with Crippen molar-refractivity contribution in [3.8, 4) is 12.1 Å². The van der Waals surface area contributed by atoms with Gasteiger partial charge in [-0.05, 0) is 74.3 Å². The van der Waals surface area contributed by atoms with Gasteiger partial charge < -0.3 is 15.3 Å². The molecule has 5 aliphatic rings. The highest BCUT2D eigenvalue weighted by Gasteiger charge is 2.60. The summed E-state index contributed by atoms with van der Waals surface area (Å²) >= 11 is 0. The molecule has 5 fully saturated rings. The van der Waals surface area contributed by atoms with Gasteiger partial charge in [0, 0.05) is 12.7 Å². The van der Waals surface area contributed by atoms with Gasteiger partial charge in [0.1, 0.15) is 11.9 Å². The Hall–Kier alpha value is -2.80. The van der Waals surface area contributed by atoms with Gasteiger partial charge >= 0.3 is 6.09 Å². The number of nitrogens with zero attached hydrogens (tertiary/aromatic N) is 4. The van der Waals surface area contributed by atoms with Gasteiger partial charge in [0.05, 0.1) is 29.1 Å². The molecule has 0 aromatic carbocycles. The minimum atomic E-state index is -0.871. The first-order chi connectivity index (χ1) is 14.0. The number of rotatable bonds is 3. The molecule has 4 bridgehead atoms. The van der Waals surface area contributed by atoms with E-state index in [-0.39, 0.29) is 23.4 Å². The second-order valence-electron chi connectivity index (χ2n) is 9.46. The van der Waals surface area contributed by atoms with E-state index in [0.29, 0.717) is 42.1 Å². The van der Waals surface area contributed by atoms with E-state index in [0.717, 1.165) is 32.1 Å². The molecule has 2 heterocycles. The first kappa shape index (κ1) is 18.2. The van der Waals surface area contributed by atoms with Crippen molar-refractivity contribution in [2.24, 2.45) is 29.1 Å². The molecular formula is C22H25N5O2. The van der Waals surface area contributed by atoms with E-state index in [4.69, 9.17) is 0 Å². The van der Waals surface area contributed by atoms with E-state index in [2.05, 4.69) is 22.4 Å². The summed E-state index contributed by atoms with van der Waals surface area (Å²) in [7, 11) is 0. The van der Waals surface area contributed by atoms with Crippen LogP contribution < -0.4 is 5.32 Å². The third-order valence-electron chi connectivity index (χ3n) is 7.93. The van der Waals surface area contributed by atoms with E-state index in [9.17, 15) is 20.4 Å². The molecule has 2 N–H and O–H groups in total. The molecule has 7 heteroatoms. The Kier molecular flexibility index (Phi) is 4.17. The van der Waals surface area contributed by atoms with Crippen LogP contribution in [-0.4, -0.2) is 39.7 Å². The Morgan fingerprint density at radius 3 is 2.69 bits per heavy atom. The summed E-state index contributed by atoms with van der Waals surface area (Å²) in [6, 6.07) is 8.07. The van der Waals surface area contributed by atoms with Crippen molar-refractivity contribution in [3.63, 3.8) is 0 Å². The fraction of sp³-hybridized carbons (Fsp3) is 0.636. The minimum Gasteiger partial charge on any atom is -0.465 e. The van der Waals surface area contributed by atoms with Crippen LogP contribution >= 0.6 is 0 Å². The number of amides is 1. The summed E-state index contributed by atoms with van der Waals surface area (Å²) in [6.07, 6.45) is 6.57. The average molecular weight is 391 g/mol. The number of likely N-dealkylation sites (tertiary alicyclic amines) is 1. The molecule has 1 aromatic heterocycles. The molecule has 0 spiro atoms. The predicted octanol–water partition coefficient (Wildman–Crippen LogP) is 3.45. The number of nitriles is 2. The maximum atomic E-state index is 12.1. The predicted molar refractivity (Wildman–Crippen MR) is 105 cm³/mol. The molecule has 150 valence electrons. The normalized spacial score (nSPS) is 39.7. The Morgan fingerprint density at radius 1 is 1.28 bits per heavy atom. The van der Waals surface area contributed by atoms with Crippen LogP contribution in [0.4, 0.5) is 10.6 Å². The highest BCUT2D eigenvalue weighted by Crippen LogP contribution is 2.63. The molecule has 1 aliphatic heterocycles. The van der Waals surface area contributed by atoms with Crippen LogP contribution in [0.3, 0.4) is 0 Å². The Balaban J connectivity index is 1.46. The lowest BCUT2D eigenvalue weighted by molar-refractivity contribution is -0.0911. The number of carboxylic acid groups (broad SMARTS) is 1. The fourth-order valence-electron chi connectivity index (χ4n) is 7.22. The van der Waals surface area contributed by atoms with Gasteiger partial charge in [-0.25, -0.2) is 9.78 Å². The third-order valence-corrected chi connectivity index (χ3v) is 7.93. The highest BCUT2D eigenvalue weighted by atomic mass is 16.4. The van der Waals surface area contributed by atoms with E-state index < -0.39 is 6.09 Å². The summed E-state index contributed by atoms with van der Waals surface area (Å²) in [5.41, 5.74) is 0.297. The van der Waals surface area contributed by atoms with Gasteiger partial charge in [-0.15, -0.1) is 0 Å². The second kappa shape index (κ2) is 6.62. The smallest absolute Gasteiger partial charge is 0.407 e. The maximum Gasteiger partial charge on any atom is 0.407 e. The SMILES string of the molecule is N#Cc1cccnc1N[C@@H]1CCN(C(=O)O)C1C1C2CC3C[C@H]1CC(C#N)(C3)C2. The lowest BCUT2D eigenvalue weighted by Gasteiger charge is -2.60. The number of nitrogens with one attached hydrogen (secondary N) is 1. The van der Waals surface area contributed by atoms with Crippen LogP contribution in [0.5, 0.6) is 0 Å². The minimum absolute atomic E-state index is 0.0614. The van der Waals surface area contributed by atoms with Crippen LogP contribution in [0.15, 0.2) is 18.3 Å². The molecule has 7 nitrogen and oxygen atoms in total. The van der Waals surface area contributed by atoms with Crippen LogP contribution in [-0.2, 0) is 0 Å². The Morgan fingerprint density at radius 2 is 2.03 bits per heavy atom. The molecule has 1 amide bonds. The molecule has 5 unspecified atom stereocenters. The molecule has 29 heavy (non-hydrogen) atoms. The number of anilines is 1. The van der Waals surface area contributed by atoms with Crippen LogP contribution in [0.1, 0.15) is 44.1 Å².